The lowest BCUT2D eigenvalue weighted by atomic mass is 10.2. The first kappa shape index (κ1) is 13.1. The van der Waals surface area contributed by atoms with Crippen molar-refractivity contribution in [3.05, 3.63) is 47.1 Å². The maximum atomic E-state index is 10.4. The normalized spacial score (nSPS) is 10.8. The Morgan fingerprint density at radius 2 is 2.37 bits per heavy atom. The van der Waals surface area contributed by atoms with Gasteiger partial charge in [0.15, 0.2) is 6.61 Å². The summed E-state index contributed by atoms with van der Waals surface area (Å²) in [6, 6.07) is 4.94. The summed E-state index contributed by atoms with van der Waals surface area (Å²) in [6.45, 7) is 0.139. The molecule has 98 valence electrons. The van der Waals surface area contributed by atoms with Crippen LogP contribution in [0.2, 0.25) is 5.02 Å². The summed E-state index contributed by atoms with van der Waals surface area (Å²) < 4.78 is 9.97. The van der Waals surface area contributed by atoms with E-state index in [0.717, 1.165) is 6.08 Å². The Hall–Kier alpha value is -2.34. The Balaban J connectivity index is 2.04. The van der Waals surface area contributed by atoms with E-state index >= 15 is 0 Å². The quantitative estimate of drug-likeness (QED) is 0.847. The van der Waals surface area contributed by atoms with E-state index in [-0.39, 0.29) is 6.61 Å². The van der Waals surface area contributed by atoms with Gasteiger partial charge in [-0.15, -0.1) is 0 Å². The molecule has 0 unspecified atom stereocenters. The zero-order valence-electron chi connectivity index (χ0n) is 9.62. The molecule has 7 heteroatoms. The Morgan fingerprint density at radius 1 is 1.53 bits per heavy atom. The summed E-state index contributed by atoms with van der Waals surface area (Å²) >= 11 is 6.01. The van der Waals surface area contributed by atoms with Crippen molar-refractivity contribution >= 4 is 23.6 Å². The SMILES string of the molecule is O=C(O)C=Cc1ccc(OCc2ncon2)c(Cl)c1. The number of carboxylic acids is 1. The summed E-state index contributed by atoms with van der Waals surface area (Å²) in [5.41, 5.74) is 0.666. The predicted octanol–water partition coefficient (Wildman–Crippen LogP) is 2.40. The number of benzene rings is 1. The fourth-order valence-corrected chi connectivity index (χ4v) is 1.55. The molecule has 2 rings (SSSR count). The maximum Gasteiger partial charge on any atom is 0.328 e. The van der Waals surface area contributed by atoms with Gasteiger partial charge < -0.3 is 14.4 Å². The van der Waals surface area contributed by atoms with Gasteiger partial charge in [-0.25, -0.2) is 4.79 Å². The average Bonchev–Trinajstić information content (AvgIpc) is 2.88. The largest absolute Gasteiger partial charge is 0.484 e. The van der Waals surface area contributed by atoms with E-state index in [0.29, 0.717) is 22.2 Å². The molecule has 0 aliphatic heterocycles. The van der Waals surface area contributed by atoms with Crippen molar-refractivity contribution < 1.29 is 19.2 Å². The molecule has 0 spiro atoms. The Morgan fingerprint density at radius 3 is 3.00 bits per heavy atom. The maximum absolute atomic E-state index is 10.4. The van der Waals surface area contributed by atoms with Gasteiger partial charge in [0.25, 0.3) is 0 Å². The van der Waals surface area contributed by atoms with Gasteiger partial charge in [-0.05, 0) is 23.8 Å². The van der Waals surface area contributed by atoms with Crippen LogP contribution in [0, 0.1) is 0 Å². The highest BCUT2D eigenvalue weighted by Gasteiger charge is 2.05. The number of aromatic nitrogens is 2. The summed E-state index contributed by atoms with van der Waals surface area (Å²) in [4.78, 5) is 14.2. The van der Waals surface area contributed by atoms with Crippen molar-refractivity contribution in [1.82, 2.24) is 10.1 Å². The Labute approximate surface area is 113 Å². The van der Waals surface area contributed by atoms with E-state index in [1.54, 1.807) is 18.2 Å². The van der Waals surface area contributed by atoms with Gasteiger partial charge in [-0.1, -0.05) is 22.8 Å². The van der Waals surface area contributed by atoms with E-state index < -0.39 is 5.97 Å². The number of ether oxygens (including phenoxy) is 1. The number of rotatable bonds is 5. The first-order valence-corrected chi connectivity index (χ1v) is 5.61. The molecule has 0 saturated heterocycles. The molecule has 0 amide bonds. The van der Waals surface area contributed by atoms with Crippen LogP contribution in [-0.2, 0) is 11.4 Å². The van der Waals surface area contributed by atoms with Crippen molar-refractivity contribution in [2.45, 2.75) is 6.61 Å². The summed E-state index contributed by atoms with van der Waals surface area (Å²) in [5.74, 6) is -0.154. The van der Waals surface area contributed by atoms with Gasteiger partial charge in [0, 0.05) is 6.08 Å². The first-order valence-electron chi connectivity index (χ1n) is 5.24. The number of carboxylic acid groups (broad SMARTS) is 1. The molecule has 0 radical (unpaired) electrons. The highest BCUT2D eigenvalue weighted by atomic mass is 35.5. The molecule has 6 nitrogen and oxygen atoms in total. The van der Waals surface area contributed by atoms with Crippen LogP contribution >= 0.6 is 11.6 Å². The first-order chi connectivity index (χ1) is 9.15. The minimum absolute atomic E-state index is 0.139. The second-order valence-electron chi connectivity index (χ2n) is 3.50. The van der Waals surface area contributed by atoms with Crippen LogP contribution in [0.25, 0.3) is 6.08 Å². The lowest BCUT2D eigenvalue weighted by Crippen LogP contribution is -1.97. The highest BCUT2D eigenvalue weighted by Crippen LogP contribution is 2.26. The molecule has 1 heterocycles. The Bertz CT molecular complexity index is 596. The van der Waals surface area contributed by atoms with Crippen LogP contribution in [0.1, 0.15) is 11.4 Å². The zero-order chi connectivity index (χ0) is 13.7. The number of nitrogens with zero attached hydrogens (tertiary/aromatic N) is 2. The van der Waals surface area contributed by atoms with Gasteiger partial charge >= 0.3 is 5.97 Å². The number of halogens is 1. The minimum Gasteiger partial charge on any atom is -0.484 e. The molecule has 0 fully saturated rings. The molecule has 0 aliphatic rings. The summed E-state index contributed by atoms with van der Waals surface area (Å²) in [5, 5.41) is 12.5. The second kappa shape index (κ2) is 6.01. The van der Waals surface area contributed by atoms with Gasteiger partial charge in [-0.2, -0.15) is 4.98 Å². The third-order valence-corrected chi connectivity index (χ3v) is 2.43. The molecular formula is C12H9ClN2O4. The topological polar surface area (TPSA) is 85.5 Å². The monoisotopic (exact) mass is 280 g/mol. The van der Waals surface area contributed by atoms with Gasteiger partial charge in [0.2, 0.25) is 12.2 Å². The molecule has 0 aliphatic carbocycles. The van der Waals surface area contributed by atoms with Crippen molar-refractivity contribution in [3.8, 4) is 5.75 Å². The van der Waals surface area contributed by atoms with Crippen molar-refractivity contribution in [2.24, 2.45) is 0 Å². The van der Waals surface area contributed by atoms with E-state index in [4.69, 9.17) is 21.4 Å². The lowest BCUT2D eigenvalue weighted by Gasteiger charge is -2.06. The van der Waals surface area contributed by atoms with E-state index in [9.17, 15) is 4.79 Å². The van der Waals surface area contributed by atoms with Crippen LogP contribution in [0.15, 0.2) is 35.2 Å². The fourth-order valence-electron chi connectivity index (χ4n) is 1.30. The highest BCUT2D eigenvalue weighted by molar-refractivity contribution is 6.32. The molecule has 0 bridgehead atoms. The number of hydrogen-bond acceptors (Lipinski definition) is 5. The fraction of sp³-hybridized carbons (Fsp3) is 0.0833. The van der Waals surface area contributed by atoms with Crippen molar-refractivity contribution in [3.63, 3.8) is 0 Å². The lowest BCUT2D eigenvalue weighted by molar-refractivity contribution is -0.131. The summed E-state index contributed by atoms with van der Waals surface area (Å²) in [7, 11) is 0. The van der Waals surface area contributed by atoms with Gasteiger partial charge in [0.05, 0.1) is 5.02 Å². The van der Waals surface area contributed by atoms with E-state index in [2.05, 4.69) is 14.7 Å². The van der Waals surface area contributed by atoms with Crippen molar-refractivity contribution in [1.29, 1.82) is 0 Å². The van der Waals surface area contributed by atoms with Crippen LogP contribution in [0.5, 0.6) is 5.75 Å². The van der Waals surface area contributed by atoms with E-state index in [1.165, 1.54) is 12.5 Å². The molecule has 19 heavy (non-hydrogen) atoms. The third-order valence-electron chi connectivity index (χ3n) is 2.14. The summed E-state index contributed by atoms with van der Waals surface area (Å²) in [6.07, 6.45) is 3.68. The van der Waals surface area contributed by atoms with Crippen molar-refractivity contribution in [2.75, 3.05) is 0 Å². The van der Waals surface area contributed by atoms with Crippen LogP contribution < -0.4 is 4.74 Å². The molecule has 2 aromatic rings. The van der Waals surface area contributed by atoms with Crippen LogP contribution in [0.4, 0.5) is 0 Å². The molecule has 0 atom stereocenters. The van der Waals surface area contributed by atoms with Crippen LogP contribution in [-0.4, -0.2) is 21.2 Å². The number of aliphatic carboxylic acids is 1. The average molecular weight is 281 g/mol. The molecule has 1 aromatic carbocycles. The van der Waals surface area contributed by atoms with E-state index in [1.807, 2.05) is 0 Å². The standard InChI is InChI=1S/C12H9ClN2O4/c13-9-5-8(2-4-12(16)17)1-3-10(9)18-6-11-14-7-19-15-11/h1-5,7H,6H2,(H,16,17). The molecule has 1 N–H and O–H groups in total. The Kier molecular flexibility index (Phi) is 4.15. The predicted molar refractivity (Wildman–Crippen MR) is 66.8 cm³/mol. The molecule has 0 saturated carbocycles. The number of hydrogen-bond donors (Lipinski definition) is 1. The van der Waals surface area contributed by atoms with Crippen LogP contribution in [0.3, 0.4) is 0 Å². The molecular weight excluding hydrogens is 272 g/mol. The minimum atomic E-state index is -1.02. The second-order valence-corrected chi connectivity index (χ2v) is 3.90. The third kappa shape index (κ3) is 3.82. The van der Waals surface area contributed by atoms with Gasteiger partial charge in [0.1, 0.15) is 5.75 Å². The van der Waals surface area contributed by atoms with Gasteiger partial charge in [-0.3, -0.25) is 0 Å². The number of carbonyl (C=O) groups is 1. The molecule has 1 aromatic heterocycles. The zero-order valence-corrected chi connectivity index (χ0v) is 10.4. The smallest absolute Gasteiger partial charge is 0.328 e.